The van der Waals surface area contributed by atoms with E-state index in [1.165, 1.54) is 30.3 Å². The van der Waals surface area contributed by atoms with Crippen molar-refractivity contribution in [3.8, 4) is 0 Å². The van der Waals surface area contributed by atoms with Crippen molar-refractivity contribution >= 4 is 29.6 Å². The van der Waals surface area contributed by atoms with Gasteiger partial charge in [0.25, 0.3) is 5.78 Å². The molecule has 0 unspecified atom stereocenters. The largest absolute Gasteiger partial charge is 0.475 e. The Labute approximate surface area is 104 Å². The van der Waals surface area contributed by atoms with Gasteiger partial charge in [0.2, 0.25) is 0 Å². The Bertz CT molecular complexity index is 477. The summed E-state index contributed by atoms with van der Waals surface area (Å²) in [5.74, 6) is -2.68. The summed E-state index contributed by atoms with van der Waals surface area (Å²) in [5.41, 5.74) is -3.91. The molecule has 0 aliphatic heterocycles. The maximum Gasteiger partial charge on any atom is 0.446 e. The molecular weight excluding hydrogens is 269 g/mol. The molecular formula is C11H7F3O3S. The van der Waals surface area contributed by atoms with E-state index < -0.39 is 17.3 Å². The zero-order chi connectivity index (χ0) is 13.8. The van der Waals surface area contributed by atoms with E-state index in [-0.39, 0.29) is 16.7 Å². The molecule has 7 heteroatoms. The van der Waals surface area contributed by atoms with E-state index >= 15 is 0 Å². The third-order valence-electron chi connectivity index (χ3n) is 1.75. The maximum atomic E-state index is 12.0. The number of carboxylic acid groups (broad SMARTS) is 1. The third kappa shape index (κ3) is 5.05. The molecule has 0 saturated carbocycles. The van der Waals surface area contributed by atoms with Crippen LogP contribution in [-0.4, -0.2) is 22.4 Å². The standard InChI is InChI=1S/C11H7F3O3S/c12-11(13,14)18-8-4-1-7(2-5-8)3-6-9(15)10(16)17/h1-6H,(H,16,17)/b6-3+. The van der Waals surface area contributed by atoms with Gasteiger partial charge >= 0.3 is 11.5 Å². The number of carbonyl (C=O) groups excluding carboxylic acids is 1. The molecule has 0 spiro atoms. The summed E-state index contributed by atoms with van der Waals surface area (Å²) in [6, 6.07) is 5.20. The molecule has 0 aliphatic carbocycles. The molecule has 0 saturated heterocycles. The molecule has 0 heterocycles. The van der Waals surface area contributed by atoms with Gasteiger partial charge < -0.3 is 5.11 Å². The lowest BCUT2D eigenvalue weighted by Gasteiger charge is -2.05. The lowest BCUT2D eigenvalue weighted by Crippen LogP contribution is -2.08. The van der Waals surface area contributed by atoms with Crippen LogP contribution in [0.3, 0.4) is 0 Å². The molecule has 1 N–H and O–H groups in total. The molecule has 0 amide bonds. The second-order valence-electron chi connectivity index (χ2n) is 3.12. The van der Waals surface area contributed by atoms with Gasteiger partial charge in [0, 0.05) is 4.90 Å². The zero-order valence-electron chi connectivity index (χ0n) is 8.77. The summed E-state index contributed by atoms with van der Waals surface area (Å²) in [4.78, 5) is 21.0. The Hall–Kier alpha value is -1.76. The number of hydrogen-bond acceptors (Lipinski definition) is 3. The molecule has 0 radical (unpaired) electrons. The number of halogens is 3. The lowest BCUT2D eigenvalue weighted by atomic mass is 10.2. The van der Waals surface area contributed by atoms with Crippen molar-refractivity contribution in [1.29, 1.82) is 0 Å². The highest BCUT2D eigenvalue weighted by atomic mass is 32.2. The topological polar surface area (TPSA) is 54.4 Å². The number of benzene rings is 1. The van der Waals surface area contributed by atoms with E-state index in [4.69, 9.17) is 5.11 Å². The minimum Gasteiger partial charge on any atom is -0.475 e. The van der Waals surface area contributed by atoms with Crippen LogP contribution in [0.5, 0.6) is 0 Å². The Morgan fingerprint density at radius 2 is 1.72 bits per heavy atom. The predicted octanol–water partition coefficient (Wildman–Crippen LogP) is 2.97. The van der Waals surface area contributed by atoms with Gasteiger partial charge in [0.05, 0.1) is 0 Å². The smallest absolute Gasteiger partial charge is 0.446 e. The molecule has 0 fully saturated rings. The van der Waals surface area contributed by atoms with Crippen LogP contribution in [-0.2, 0) is 9.59 Å². The quantitative estimate of drug-likeness (QED) is 0.522. The number of carbonyl (C=O) groups is 2. The Kier molecular flexibility index (Phi) is 4.55. The monoisotopic (exact) mass is 276 g/mol. The first-order chi connectivity index (χ1) is 8.28. The van der Waals surface area contributed by atoms with Gasteiger partial charge in [-0.1, -0.05) is 18.2 Å². The van der Waals surface area contributed by atoms with Gasteiger partial charge in [-0.05, 0) is 35.5 Å². The van der Waals surface area contributed by atoms with Gasteiger partial charge in [0.15, 0.2) is 0 Å². The number of rotatable bonds is 4. The van der Waals surface area contributed by atoms with Gasteiger partial charge in [0.1, 0.15) is 0 Å². The lowest BCUT2D eigenvalue weighted by molar-refractivity contribution is -0.146. The highest BCUT2D eigenvalue weighted by Gasteiger charge is 2.28. The molecule has 96 valence electrons. The number of alkyl halides is 3. The summed E-state index contributed by atoms with van der Waals surface area (Å²) in [5, 5.41) is 8.30. The van der Waals surface area contributed by atoms with Gasteiger partial charge in [-0.15, -0.1) is 0 Å². The molecule has 3 nitrogen and oxygen atoms in total. The van der Waals surface area contributed by atoms with Crippen molar-refractivity contribution in [2.24, 2.45) is 0 Å². The van der Waals surface area contributed by atoms with Crippen molar-refractivity contribution in [2.75, 3.05) is 0 Å². The molecule has 0 aromatic heterocycles. The summed E-state index contributed by atoms with van der Waals surface area (Å²) in [6.45, 7) is 0. The number of thioether (sulfide) groups is 1. The van der Waals surface area contributed by atoms with Crippen LogP contribution in [0.2, 0.25) is 0 Å². The van der Waals surface area contributed by atoms with E-state index in [0.717, 1.165) is 6.08 Å². The molecule has 1 aromatic carbocycles. The van der Waals surface area contributed by atoms with E-state index in [2.05, 4.69) is 0 Å². The normalized spacial score (nSPS) is 11.7. The zero-order valence-corrected chi connectivity index (χ0v) is 9.59. The second kappa shape index (κ2) is 5.72. The van der Waals surface area contributed by atoms with Gasteiger partial charge in [-0.2, -0.15) is 13.2 Å². The first kappa shape index (κ1) is 14.3. The van der Waals surface area contributed by atoms with Crippen molar-refractivity contribution < 1.29 is 27.9 Å². The molecule has 0 aliphatic rings. The van der Waals surface area contributed by atoms with E-state index in [1.54, 1.807) is 0 Å². The van der Waals surface area contributed by atoms with Gasteiger partial charge in [-0.25, -0.2) is 4.79 Å². The summed E-state index contributed by atoms with van der Waals surface area (Å²) < 4.78 is 36.1. The SMILES string of the molecule is O=C(O)C(=O)/C=C/c1ccc(SC(F)(F)F)cc1. The van der Waals surface area contributed by atoms with Crippen LogP contribution < -0.4 is 0 Å². The van der Waals surface area contributed by atoms with Crippen molar-refractivity contribution in [1.82, 2.24) is 0 Å². The fraction of sp³-hybridized carbons (Fsp3) is 0.0909. The number of ketones is 1. The third-order valence-corrected chi connectivity index (χ3v) is 2.49. The van der Waals surface area contributed by atoms with Crippen LogP contribution in [0.1, 0.15) is 5.56 Å². The highest BCUT2D eigenvalue weighted by molar-refractivity contribution is 8.00. The number of carboxylic acids is 1. The van der Waals surface area contributed by atoms with E-state index in [1.807, 2.05) is 0 Å². The van der Waals surface area contributed by atoms with Gasteiger partial charge in [-0.3, -0.25) is 4.79 Å². The van der Waals surface area contributed by atoms with Crippen LogP contribution in [0, 0.1) is 0 Å². The maximum absolute atomic E-state index is 12.0. The minimum atomic E-state index is -4.35. The van der Waals surface area contributed by atoms with Crippen molar-refractivity contribution in [3.63, 3.8) is 0 Å². The first-order valence-electron chi connectivity index (χ1n) is 4.59. The fourth-order valence-corrected chi connectivity index (χ4v) is 1.56. The summed E-state index contributed by atoms with van der Waals surface area (Å²) >= 11 is -0.246. The molecule has 1 aromatic rings. The predicted molar refractivity (Wildman–Crippen MR) is 60.0 cm³/mol. The van der Waals surface area contributed by atoms with Crippen molar-refractivity contribution in [3.05, 3.63) is 35.9 Å². The van der Waals surface area contributed by atoms with E-state index in [9.17, 15) is 22.8 Å². The van der Waals surface area contributed by atoms with Crippen LogP contribution in [0.15, 0.2) is 35.2 Å². The average molecular weight is 276 g/mol. The van der Waals surface area contributed by atoms with Crippen LogP contribution in [0.4, 0.5) is 13.2 Å². The Morgan fingerprint density at radius 1 is 1.17 bits per heavy atom. The number of hydrogen-bond donors (Lipinski definition) is 1. The highest BCUT2D eigenvalue weighted by Crippen LogP contribution is 2.36. The average Bonchev–Trinajstić information content (AvgIpc) is 2.25. The fourth-order valence-electron chi connectivity index (χ4n) is 1.02. The summed E-state index contributed by atoms with van der Waals surface area (Å²) in [7, 11) is 0. The van der Waals surface area contributed by atoms with Crippen LogP contribution >= 0.6 is 11.8 Å². The number of aliphatic carboxylic acids is 1. The summed E-state index contributed by atoms with van der Waals surface area (Å²) in [6.07, 6.45) is 2.06. The van der Waals surface area contributed by atoms with Crippen LogP contribution in [0.25, 0.3) is 6.08 Å². The molecule has 0 bridgehead atoms. The molecule has 1 rings (SSSR count). The van der Waals surface area contributed by atoms with Crippen molar-refractivity contribution in [2.45, 2.75) is 10.4 Å². The Morgan fingerprint density at radius 3 is 2.17 bits per heavy atom. The second-order valence-corrected chi connectivity index (χ2v) is 4.26. The minimum absolute atomic E-state index is 0.0178. The van der Waals surface area contributed by atoms with E-state index in [0.29, 0.717) is 5.56 Å². The molecule has 0 atom stereocenters. The Balaban J connectivity index is 2.72. The molecule has 18 heavy (non-hydrogen) atoms. The first-order valence-corrected chi connectivity index (χ1v) is 5.41.